The van der Waals surface area contributed by atoms with Crippen molar-refractivity contribution in [1.82, 2.24) is 0 Å². The maximum absolute atomic E-state index is 11.1. The lowest BCUT2D eigenvalue weighted by molar-refractivity contribution is -0.146. The van der Waals surface area contributed by atoms with E-state index in [-0.39, 0.29) is 23.8 Å². The first kappa shape index (κ1) is 22.0. The van der Waals surface area contributed by atoms with E-state index in [9.17, 15) is 9.59 Å². The zero-order valence-corrected chi connectivity index (χ0v) is 14.5. The summed E-state index contributed by atoms with van der Waals surface area (Å²) in [6.45, 7) is 8.06. The average molecular weight is 300 g/mol. The van der Waals surface area contributed by atoms with Crippen LogP contribution in [0.1, 0.15) is 59.8 Å². The summed E-state index contributed by atoms with van der Waals surface area (Å²) in [5.41, 5.74) is 0. The van der Waals surface area contributed by atoms with Gasteiger partial charge in [0.25, 0.3) is 0 Å². The van der Waals surface area contributed by atoms with E-state index in [1.165, 1.54) is 14.2 Å². The lowest BCUT2D eigenvalue weighted by Crippen LogP contribution is -2.14. The molecule has 0 saturated carbocycles. The minimum absolute atomic E-state index is 0.0396. The van der Waals surface area contributed by atoms with Crippen molar-refractivity contribution in [2.75, 3.05) is 14.2 Å². The molecule has 0 fully saturated rings. The Morgan fingerprint density at radius 3 is 1.52 bits per heavy atom. The smallest absolute Gasteiger partial charge is 0.308 e. The molecule has 0 rings (SSSR count). The predicted molar refractivity (Wildman–Crippen MR) is 85.9 cm³/mol. The maximum Gasteiger partial charge on any atom is 0.308 e. The third-order valence-corrected chi connectivity index (χ3v) is 3.37. The molecule has 0 aromatic carbocycles. The summed E-state index contributed by atoms with van der Waals surface area (Å²) < 4.78 is 9.22. The second-order valence-corrected chi connectivity index (χ2v) is 4.78. The van der Waals surface area contributed by atoms with Crippen molar-refractivity contribution in [3.8, 4) is 0 Å². The number of rotatable bonds is 8. The second kappa shape index (κ2) is 15.1. The molecule has 0 bridgehead atoms. The van der Waals surface area contributed by atoms with Crippen molar-refractivity contribution >= 4 is 11.9 Å². The van der Waals surface area contributed by atoms with E-state index < -0.39 is 0 Å². The van der Waals surface area contributed by atoms with Crippen molar-refractivity contribution in [3.05, 3.63) is 12.2 Å². The molecule has 21 heavy (non-hydrogen) atoms. The van der Waals surface area contributed by atoms with Crippen LogP contribution in [0.5, 0.6) is 0 Å². The number of carbonyl (C=O) groups is 2. The van der Waals surface area contributed by atoms with E-state index in [1.54, 1.807) is 0 Å². The molecule has 0 heterocycles. The van der Waals surface area contributed by atoms with Crippen molar-refractivity contribution < 1.29 is 19.1 Å². The Bertz CT molecular complexity index is 293. The molecule has 0 aliphatic rings. The monoisotopic (exact) mass is 300 g/mol. The summed E-state index contributed by atoms with van der Waals surface area (Å²) in [6, 6.07) is 0. The van der Waals surface area contributed by atoms with Gasteiger partial charge < -0.3 is 9.47 Å². The lowest BCUT2D eigenvalue weighted by Gasteiger charge is -2.08. The van der Waals surface area contributed by atoms with Gasteiger partial charge in [-0.15, -0.1) is 0 Å². The molecule has 0 aliphatic carbocycles. The molecule has 0 radical (unpaired) electrons. The summed E-state index contributed by atoms with van der Waals surface area (Å²) in [7, 11) is 2.87. The molecule has 0 aliphatic heterocycles. The van der Waals surface area contributed by atoms with Crippen LogP contribution in [0.2, 0.25) is 0 Å². The van der Waals surface area contributed by atoms with Gasteiger partial charge in [-0.25, -0.2) is 0 Å². The Morgan fingerprint density at radius 2 is 1.24 bits per heavy atom. The van der Waals surface area contributed by atoms with Crippen LogP contribution in [0.25, 0.3) is 0 Å². The number of hydrogen-bond acceptors (Lipinski definition) is 4. The fourth-order valence-electron chi connectivity index (χ4n) is 1.81. The number of carbonyl (C=O) groups excluding carboxylic acids is 2. The molecular weight excluding hydrogens is 268 g/mol. The quantitative estimate of drug-likeness (QED) is 0.499. The minimum atomic E-state index is -0.0988. The first-order valence-corrected chi connectivity index (χ1v) is 7.82. The van der Waals surface area contributed by atoms with Gasteiger partial charge in [-0.05, 0) is 32.1 Å². The Kier molecular flexibility index (Phi) is 15.8. The van der Waals surface area contributed by atoms with Gasteiger partial charge in [-0.2, -0.15) is 0 Å². The van der Waals surface area contributed by atoms with Crippen molar-refractivity contribution in [2.24, 2.45) is 11.8 Å². The number of allylic oxidation sites excluding steroid dienone is 2. The van der Waals surface area contributed by atoms with Crippen molar-refractivity contribution in [2.45, 2.75) is 59.8 Å². The molecule has 4 nitrogen and oxygen atoms in total. The van der Waals surface area contributed by atoms with Gasteiger partial charge in [0.2, 0.25) is 0 Å². The molecular formula is C17H32O4. The molecule has 4 heteroatoms. The third kappa shape index (κ3) is 11.1. The fourth-order valence-corrected chi connectivity index (χ4v) is 1.81. The molecule has 0 aromatic heterocycles. The normalized spacial score (nSPS) is 11.8. The number of methoxy groups -OCH3 is 2. The highest BCUT2D eigenvalue weighted by Crippen LogP contribution is 2.10. The van der Waals surface area contributed by atoms with Crippen LogP contribution in [-0.2, 0) is 19.1 Å². The number of ether oxygens (including phenoxy) is 2. The summed E-state index contributed by atoms with van der Waals surface area (Å²) in [5.74, 6) is -0.0361. The van der Waals surface area contributed by atoms with Crippen LogP contribution in [0, 0.1) is 11.8 Å². The SMILES string of the molecule is CCC(CC)C(=O)OC.CCC=CCC(CC)C(=O)OC. The third-order valence-electron chi connectivity index (χ3n) is 3.37. The molecule has 0 saturated heterocycles. The van der Waals surface area contributed by atoms with Crippen LogP contribution >= 0.6 is 0 Å². The van der Waals surface area contributed by atoms with Gasteiger partial charge >= 0.3 is 11.9 Å². The average Bonchev–Trinajstić information content (AvgIpc) is 2.52. The largest absolute Gasteiger partial charge is 0.469 e. The molecule has 0 aromatic rings. The zero-order chi connectivity index (χ0) is 16.7. The van der Waals surface area contributed by atoms with Gasteiger partial charge in [0.15, 0.2) is 0 Å². The van der Waals surface area contributed by atoms with E-state index in [0.29, 0.717) is 0 Å². The van der Waals surface area contributed by atoms with E-state index in [4.69, 9.17) is 0 Å². The molecule has 1 atom stereocenters. The first-order valence-electron chi connectivity index (χ1n) is 7.82. The van der Waals surface area contributed by atoms with Gasteiger partial charge in [-0.3, -0.25) is 9.59 Å². The topological polar surface area (TPSA) is 52.6 Å². The lowest BCUT2D eigenvalue weighted by atomic mass is 10.0. The molecule has 1 unspecified atom stereocenters. The maximum atomic E-state index is 11.1. The first-order chi connectivity index (χ1) is 10.0. The van der Waals surface area contributed by atoms with Crippen LogP contribution in [0.15, 0.2) is 12.2 Å². The van der Waals surface area contributed by atoms with Crippen molar-refractivity contribution in [3.63, 3.8) is 0 Å². The summed E-state index contributed by atoms with van der Waals surface area (Å²) in [6.07, 6.45) is 8.55. The van der Waals surface area contributed by atoms with Gasteiger partial charge in [0, 0.05) is 0 Å². The van der Waals surface area contributed by atoms with E-state index in [1.807, 2.05) is 26.8 Å². The van der Waals surface area contributed by atoms with Gasteiger partial charge in [-0.1, -0.05) is 39.8 Å². The van der Waals surface area contributed by atoms with Crippen LogP contribution < -0.4 is 0 Å². The van der Waals surface area contributed by atoms with E-state index in [0.717, 1.165) is 32.1 Å². The number of esters is 2. The summed E-state index contributed by atoms with van der Waals surface area (Å²) in [4.78, 5) is 21.8. The highest BCUT2D eigenvalue weighted by Gasteiger charge is 2.14. The highest BCUT2D eigenvalue weighted by molar-refractivity contribution is 5.72. The summed E-state index contributed by atoms with van der Waals surface area (Å²) in [5, 5.41) is 0. The Balaban J connectivity index is 0. The molecule has 124 valence electrons. The van der Waals surface area contributed by atoms with Gasteiger partial charge in [0.1, 0.15) is 0 Å². The highest BCUT2D eigenvalue weighted by atomic mass is 16.5. The second-order valence-electron chi connectivity index (χ2n) is 4.78. The molecule has 0 spiro atoms. The molecule has 0 N–H and O–H groups in total. The zero-order valence-electron chi connectivity index (χ0n) is 14.5. The van der Waals surface area contributed by atoms with Crippen LogP contribution in [0.4, 0.5) is 0 Å². The van der Waals surface area contributed by atoms with E-state index >= 15 is 0 Å². The number of hydrogen-bond donors (Lipinski definition) is 0. The Morgan fingerprint density at radius 1 is 0.810 bits per heavy atom. The minimum Gasteiger partial charge on any atom is -0.469 e. The van der Waals surface area contributed by atoms with Crippen LogP contribution in [-0.4, -0.2) is 26.2 Å². The Hall–Kier alpha value is -1.32. The van der Waals surface area contributed by atoms with Crippen LogP contribution in [0.3, 0.4) is 0 Å². The summed E-state index contributed by atoms with van der Waals surface area (Å²) >= 11 is 0. The van der Waals surface area contributed by atoms with Crippen molar-refractivity contribution in [1.29, 1.82) is 0 Å². The molecule has 0 amide bonds. The van der Waals surface area contributed by atoms with Gasteiger partial charge in [0.05, 0.1) is 26.1 Å². The van der Waals surface area contributed by atoms with E-state index in [2.05, 4.69) is 22.5 Å². The predicted octanol–water partition coefficient (Wildman–Crippen LogP) is 4.14. The fraction of sp³-hybridized carbons (Fsp3) is 0.765. The Labute approximate surface area is 129 Å². The standard InChI is InChI=1S/C10H18O2.C7H14O2/c1-4-6-7-8-9(5-2)10(11)12-3;1-4-6(5-2)7(8)9-3/h6-7,9H,4-5,8H2,1-3H3;6H,4-5H2,1-3H3.